The van der Waals surface area contributed by atoms with Gasteiger partial charge in [0.05, 0.1) is 6.61 Å². The number of carbonyl (C=O) groups excluding carboxylic acids is 1. The Labute approximate surface area is 108 Å². The van der Waals surface area contributed by atoms with E-state index in [9.17, 15) is 4.79 Å². The first-order valence-corrected chi connectivity index (χ1v) is 7.31. The van der Waals surface area contributed by atoms with Gasteiger partial charge in [0.25, 0.3) is 0 Å². The van der Waals surface area contributed by atoms with Gasteiger partial charge in [0.1, 0.15) is 0 Å². The molecule has 0 heterocycles. The van der Waals surface area contributed by atoms with Crippen molar-refractivity contribution in [3.05, 3.63) is 0 Å². The maximum absolute atomic E-state index is 11.4. The molecule has 3 heteroatoms. The summed E-state index contributed by atoms with van der Waals surface area (Å²) >= 11 is 3.42. The molecule has 2 unspecified atom stereocenters. The molecule has 0 bridgehead atoms. The van der Waals surface area contributed by atoms with Crippen molar-refractivity contribution in [2.75, 3.05) is 6.61 Å². The van der Waals surface area contributed by atoms with Gasteiger partial charge < -0.3 is 4.74 Å². The van der Waals surface area contributed by atoms with Crippen molar-refractivity contribution in [3.8, 4) is 0 Å². The predicted molar refractivity (Wildman–Crippen MR) is 71.9 cm³/mol. The average Bonchev–Trinajstić information content (AvgIpc) is 2.26. The van der Waals surface area contributed by atoms with Gasteiger partial charge in [-0.3, -0.25) is 4.79 Å². The number of halogens is 1. The summed E-state index contributed by atoms with van der Waals surface area (Å²) in [5, 5.41) is 0. The summed E-state index contributed by atoms with van der Waals surface area (Å²) in [5.41, 5.74) is 0. The lowest BCUT2D eigenvalue weighted by Crippen LogP contribution is -2.14. The highest BCUT2D eigenvalue weighted by Crippen LogP contribution is 2.14. The van der Waals surface area contributed by atoms with E-state index in [-0.39, 0.29) is 5.97 Å². The molecule has 0 amide bonds. The zero-order valence-corrected chi connectivity index (χ0v) is 12.4. The highest BCUT2D eigenvalue weighted by molar-refractivity contribution is 9.09. The summed E-state index contributed by atoms with van der Waals surface area (Å²) in [7, 11) is 0. The lowest BCUT2D eigenvalue weighted by molar-refractivity contribution is -0.145. The molecule has 0 aromatic heterocycles. The molecule has 0 saturated carbocycles. The molecular formula is C13H25BrO2. The maximum Gasteiger partial charge on any atom is 0.305 e. The predicted octanol–water partition coefficient (Wildman–Crippen LogP) is 4.31. The van der Waals surface area contributed by atoms with Crippen LogP contribution in [0.5, 0.6) is 0 Å². The highest BCUT2D eigenvalue weighted by Gasteiger charge is 2.10. The molecule has 2 atom stereocenters. The lowest BCUT2D eigenvalue weighted by atomic mass is 10.0. The number of hydrogen-bond donors (Lipinski definition) is 0. The molecular weight excluding hydrogens is 268 g/mol. The van der Waals surface area contributed by atoms with Crippen LogP contribution in [0.1, 0.15) is 59.3 Å². The number of unbranched alkanes of at least 4 members (excludes halogenated alkanes) is 1. The van der Waals surface area contributed by atoms with E-state index in [1.54, 1.807) is 0 Å². The molecule has 0 aliphatic carbocycles. The minimum absolute atomic E-state index is 0.0544. The van der Waals surface area contributed by atoms with Crippen LogP contribution in [0.15, 0.2) is 0 Å². The van der Waals surface area contributed by atoms with E-state index in [0.717, 1.165) is 12.8 Å². The third kappa shape index (κ3) is 9.20. The normalized spacial score (nSPS) is 14.5. The molecule has 0 aliphatic rings. The van der Waals surface area contributed by atoms with Gasteiger partial charge in [0, 0.05) is 11.2 Å². The fraction of sp³-hybridized carbons (Fsp3) is 0.923. The minimum Gasteiger partial charge on any atom is -0.465 e. The average molecular weight is 293 g/mol. The molecule has 0 fully saturated rings. The molecule has 0 aromatic carbocycles. The molecule has 0 N–H and O–H groups in total. The second kappa shape index (κ2) is 10.1. The molecule has 0 saturated heterocycles. The minimum atomic E-state index is -0.0544. The molecule has 0 spiro atoms. The molecule has 96 valence electrons. The zero-order valence-electron chi connectivity index (χ0n) is 10.8. The van der Waals surface area contributed by atoms with Crippen LogP contribution in [0.25, 0.3) is 0 Å². The molecule has 0 radical (unpaired) electrons. The number of carbonyl (C=O) groups is 1. The molecule has 2 nitrogen and oxygen atoms in total. The van der Waals surface area contributed by atoms with Gasteiger partial charge in [0.15, 0.2) is 0 Å². The van der Waals surface area contributed by atoms with Gasteiger partial charge >= 0.3 is 5.97 Å². The Balaban J connectivity index is 3.62. The number of ether oxygens (including phenoxy) is 1. The summed E-state index contributed by atoms with van der Waals surface area (Å²) in [6.45, 7) is 7.00. The fourth-order valence-electron chi connectivity index (χ4n) is 1.50. The van der Waals surface area contributed by atoms with Gasteiger partial charge in [-0.2, -0.15) is 0 Å². The summed E-state index contributed by atoms with van der Waals surface area (Å²) in [5.74, 6) is 0.492. The Bertz CT molecular complexity index is 181. The van der Waals surface area contributed by atoms with Crippen LogP contribution in [-0.2, 0) is 9.53 Å². The van der Waals surface area contributed by atoms with Gasteiger partial charge in [-0.05, 0) is 18.8 Å². The fourth-order valence-corrected chi connectivity index (χ4v) is 1.73. The van der Waals surface area contributed by atoms with Crippen molar-refractivity contribution in [1.82, 2.24) is 0 Å². The van der Waals surface area contributed by atoms with E-state index in [2.05, 4.69) is 29.8 Å². The Morgan fingerprint density at radius 2 is 2.00 bits per heavy atom. The number of hydrogen-bond acceptors (Lipinski definition) is 2. The van der Waals surface area contributed by atoms with Crippen LogP contribution in [0, 0.1) is 5.92 Å². The summed E-state index contributed by atoms with van der Waals surface area (Å²) in [6.07, 6.45) is 6.10. The Kier molecular flexibility index (Phi) is 10.1. The summed E-state index contributed by atoms with van der Waals surface area (Å²) in [4.78, 5) is 11.8. The molecule has 16 heavy (non-hydrogen) atoms. The first-order valence-electron chi connectivity index (χ1n) is 6.39. The standard InChI is InChI=1S/C13H25BrO2/c1-4-6-7-12(5-2)10-16-13(15)9-8-11(3)14/h11-12H,4-10H2,1-3H3. The number of alkyl halides is 1. The van der Waals surface area contributed by atoms with Crippen molar-refractivity contribution < 1.29 is 9.53 Å². The van der Waals surface area contributed by atoms with Crippen LogP contribution < -0.4 is 0 Å². The first-order chi connectivity index (χ1) is 7.60. The summed E-state index contributed by atoms with van der Waals surface area (Å²) < 4.78 is 5.28. The van der Waals surface area contributed by atoms with Crippen molar-refractivity contribution in [3.63, 3.8) is 0 Å². The van der Waals surface area contributed by atoms with E-state index >= 15 is 0 Å². The Hall–Kier alpha value is -0.0500. The smallest absolute Gasteiger partial charge is 0.305 e. The maximum atomic E-state index is 11.4. The number of rotatable bonds is 9. The molecule has 0 rings (SSSR count). The van der Waals surface area contributed by atoms with Crippen molar-refractivity contribution in [2.24, 2.45) is 5.92 Å². The first kappa shape index (κ1) is 16.0. The second-order valence-electron chi connectivity index (χ2n) is 4.42. The summed E-state index contributed by atoms with van der Waals surface area (Å²) in [6, 6.07) is 0. The van der Waals surface area contributed by atoms with Crippen LogP contribution in [0.2, 0.25) is 0 Å². The molecule has 0 aliphatic heterocycles. The largest absolute Gasteiger partial charge is 0.465 e. The monoisotopic (exact) mass is 292 g/mol. The van der Waals surface area contributed by atoms with Gasteiger partial charge in [-0.25, -0.2) is 0 Å². The topological polar surface area (TPSA) is 26.3 Å². The van der Waals surface area contributed by atoms with E-state index in [1.807, 2.05) is 6.92 Å². The molecule has 0 aromatic rings. The quantitative estimate of drug-likeness (QED) is 0.468. The van der Waals surface area contributed by atoms with Gasteiger partial charge in [-0.1, -0.05) is 56.0 Å². The van der Waals surface area contributed by atoms with E-state index < -0.39 is 0 Å². The lowest BCUT2D eigenvalue weighted by Gasteiger charge is -2.14. The van der Waals surface area contributed by atoms with Crippen molar-refractivity contribution >= 4 is 21.9 Å². The Morgan fingerprint density at radius 1 is 1.31 bits per heavy atom. The third-order valence-electron chi connectivity index (χ3n) is 2.77. The second-order valence-corrected chi connectivity index (χ2v) is 5.98. The van der Waals surface area contributed by atoms with E-state index in [4.69, 9.17) is 4.74 Å². The van der Waals surface area contributed by atoms with Gasteiger partial charge in [-0.15, -0.1) is 0 Å². The van der Waals surface area contributed by atoms with E-state index in [1.165, 1.54) is 19.3 Å². The van der Waals surface area contributed by atoms with Gasteiger partial charge in [0.2, 0.25) is 0 Å². The Morgan fingerprint density at radius 3 is 2.50 bits per heavy atom. The van der Waals surface area contributed by atoms with Crippen LogP contribution >= 0.6 is 15.9 Å². The highest BCUT2D eigenvalue weighted by atomic mass is 79.9. The third-order valence-corrected chi connectivity index (χ3v) is 3.23. The number of esters is 1. The van der Waals surface area contributed by atoms with Crippen molar-refractivity contribution in [2.45, 2.75) is 64.1 Å². The van der Waals surface area contributed by atoms with E-state index in [0.29, 0.717) is 23.8 Å². The van der Waals surface area contributed by atoms with Crippen molar-refractivity contribution in [1.29, 1.82) is 0 Å². The van der Waals surface area contributed by atoms with Crippen LogP contribution in [-0.4, -0.2) is 17.4 Å². The van der Waals surface area contributed by atoms with Crippen LogP contribution in [0.4, 0.5) is 0 Å². The SMILES string of the molecule is CCCCC(CC)COC(=O)CCC(C)Br. The van der Waals surface area contributed by atoms with Crippen LogP contribution in [0.3, 0.4) is 0 Å². The zero-order chi connectivity index (χ0) is 12.4.